The predicted molar refractivity (Wildman–Crippen MR) is 199 cm³/mol. The van der Waals surface area contributed by atoms with Crippen LogP contribution in [-0.2, 0) is 25.6 Å². The molecule has 8 bridgehead atoms. The number of hydrogen-bond acceptors (Lipinski definition) is 7. The van der Waals surface area contributed by atoms with E-state index in [0.29, 0.717) is 26.0 Å². The summed E-state index contributed by atoms with van der Waals surface area (Å²) in [6.07, 6.45) is 4.17. The molecule has 2 aliphatic heterocycles. The summed E-state index contributed by atoms with van der Waals surface area (Å²) in [7, 11) is 1.43. The first-order valence-electron chi connectivity index (χ1n) is 18.0. The zero-order valence-electron chi connectivity index (χ0n) is 31.0. The SMILES string of the molecule is CCCCOCCCNC(=O)OCc1c(C)c2cc3nc(c(C)c4cc(C)c(cc5nc(cc1[nH]2)C(C)=C5CC)[nH]4)[C@@H](CCC(=O)OC)[C@@H]3C. The second-order valence-electron chi connectivity index (χ2n) is 13.5. The lowest BCUT2D eigenvalue weighted by Gasteiger charge is -2.16. The van der Waals surface area contributed by atoms with Crippen molar-refractivity contribution in [2.45, 2.75) is 105 Å². The van der Waals surface area contributed by atoms with Crippen LogP contribution in [0.1, 0.15) is 123 Å². The Hall–Kier alpha value is -4.44. The molecule has 268 valence electrons. The van der Waals surface area contributed by atoms with E-state index in [-0.39, 0.29) is 24.4 Å². The molecule has 1 amide bonds. The van der Waals surface area contributed by atoms with E-state index in [1.165, 1.54) is 12.7 Å². The van der Waals surface area contributed by atoms with Crippen LogP contribution in [0, 0.1) is 20.8 Å². The van der Waals surface area contributed by atoms with Crippen LogP contribution in [0.5, 0.6) is 0 Å². The molecule has 0 spiro atoms. The molecule has 2 atom stereocenters. The predicted octanol–water partition coefficient (Wildman–Crippen LogP) is 8.85. The highest BCUT2D eigenvalue weighted by Gasteiger charge is 2.31. The van der Waals surface area contributed by atoms with Crippen LogP contribution >= 0.6 is 0 Å². The molecule has 5 rings (SSSR count). The van der Waals surface area contributed by atoms with E-state index in [2.05, 4.69) is 81.1 Å². The van der Waals surface area contributed by atoms with Crippen LogP contribution in [0.2, 0.25) is 0 Å². The molecular formula is C40H53N5O5. The number of aromatic amines is 2. The minimum absolute atomic E-state index is 0.0325. The van der Waals surface area contributed by atoms with Crippen LogP contribution in [0.4, 0.5) is 4.79 Å². The maximum atomic E-state index is 12.7. The van der Waals surface area contributed by atoms with Crippen LogP contribution in [-0.4, -0.2) is 58.9 Å². The van der Waals surface area contributed by atoms with Crippen molar-refractivity contribution < 1.29 is 23.8 Å². The topological polar surface area (TPSA) is 131 Å². The van der Waals surface area contributed by atoms with Crippen molar-refractivity contribution >= 4 is 45.3 Å². The third-order valence-electron chi connectivity index (χ3n) is 10.2. The van der Waals surface area contributed by atoms with E-state index in [4.69, 9.17) is 24.2 Å². The minimum Gasteiger partial charge on any atom is -0.469 e. The first-order chi connectivity index (χ1) is 24.1. The number of rotatable bonds is 13. The molecule has 3 N–H and O–H groups in total. The van der Waals surface area contributed by atoms with Gasteiger partial charge in [0.2, 0.25) is 0 Å². The maximum Gasteiger partial charge on any atom is 0.407 e. The Morgan fingerprint density at radius 1 is 0.880 bits per heavy atom. The van der Waals surface area contributed by atoms with Crippen molar-refractivity contribution in [3.05, 3.63) is 69.3 Å². The molecule has 0 saturated carbocycles. The molecule has 2 aliphatic rings. The Morgan fingerprint density at radius 3 is 2.34 bits per heavy atom. The van der Waals surface area contributed by atoms with Gasteiger partial charge < -0.3 is 29.5 Å². The summed E-state index contributed by atoms with van der Waals surface area (Å²) in [5.74, 6) is -0.136. The number of aryl methyl sites for hydroxylation is 3. The largest absolute Gasteiger partial charge is 0.469 e. The Morgan fingerprint density at radius 2 is 1.60 bits per heavy atom. The lowest BCUT2D eigenvalue weighted by Crippen LogP contribution is -2.26. The summed E-state index contributed by atoms with van der Waals surface area (Å²) >= 11 is 0. The lowest BCUT2D eigenvalue weighted by molar-refractivity contribution is -0.140. The number of ether oxygens (including phenoxy) is 3. The number of hydrogen-bond donors (Lipinski definition) is 3. The van der Waals surface area contributed by atoms with Crippen LogP contribution in [0.25, 0.3) is 33.2 Å². The molecule has 0 aliphatic carbocycles. The highest BCUT2D eigenvalue weighted by atomic mass is 16.5. The Labute approximate surface area is 295 Å². The zero-order valence-corrected chi connectivity index (χ0v) is 31.0. The molecule has 3 aromatic heterocycles. The molecule has 0 unspecified atom stereocenters. The highest BCUT2D eigenvalue weighted by Crippen LogP contribution is 2.42. The minimum atomic E-state index is -0.463. The number of nitrogens with zero attached hydrogens (tertiary/aromatic N) is 2. The fraction of sp³-hybridized carbons (Fsp3) is 0.500. The maximum absolute atomic E-state index is 12.7. The number of esters is 1. The number of alkyl carbamates (subject to hydrolysis) is 1. The fourth-order valence-corrected chi connectivity index (χ4v) is 6.91. The Kier molecular flexibility index (Phi) is 12.2. The van der Waals surface area contributed by atoms with Gasteiger partial charge in [-0.25, -0.2) is 9.78 Å². The average Bonchev–Trinajstić information content (AvgIpc) is 3.80. The smallest absolute Gasteiger partial charge is 0.407 e. The summed E-state index contributed by atoms with van der Waals surface area (Å²) < 4.78 is 16.4. The first-order valence-corrected chi connectivity index (χ1v) is 18.0. The van der Waals surface area contributed by atoms with Gasteiger partial charge in [0.1, 0.15) is 6.61 Å². The van der Waals surface area contributed by atoms with Gasteiger partial charge in [-0.3, -0.25) is 9.78 Å². The van der Waals surface area contributed by atoms with Crippen molar-refractivity contribution in [3.63, 3.8) is 0 Å². The molecule has 0 radical (unpaired) electrons. The first kappa shape index (κ1) is 36.8. The lowest BCUT2D eigenvalue weighted by atomic mass is 9.86. The van der Waals surface area contributed by atoms with Crippen LogP contribution in [0.3, 0.4) is 0 Å². The second kappa shape index (κ2) is 16.5. The number of nitrogens with one attached hydrogen (secondary N) is 3. The monoisotopic (exact) mass is 683 g/mol. The molecule has 0 aromatic carbocycles. The van der Waals surface area contributed by atoms with Gasteiger partial charge in [0, 0.05) is 77.0 Å². The third-order valence-corrected chi connectivity index (χ3v) is 10.2. The van der Waals surface area contributed by atoms with E-state index in [1.54, 1.807) is 0 Å². The normalized spacial score (nSPS) is 15.8. The van der Waals surface area contributed by atoms with Crippen molar-refractivity contribution in [1.82, 2.24) is 25.3 Å². The number of carbonyl (C=O) groups excluding carboxylic acids is 2. The molecule has 5 heterocycles. The van der Waals surface area contributed by atoms with Crippen LogP contribution in [0.15, 0.2) is 24.3 Å². The van der Waals surface area contributed by atoms with E-state index >= 15 is 0 Å². The quantitative estimate of drug-likeness (QED) is 0.121. The van der Waals surface area contributed by atoms with Gasteiger partial charge in [-0.1, -0.05) is 27.2 Å². The van der Waals surface area contributed by atoms with E-state index in [0.717, 1.165) is 105 Å². The molecule has 3 aromatic rings. The number of carbonyl (C=O) groups is 2. The van der Waals surface area contributed by atoms with Crippen molar-refractivity contribution in [3.8, 4) is 0 Å². The molecule has 10 nitrogen and oxygen atoms in total. The number of aromatic nitrogens is 4. The van der Waals surface area contributed by atoms with Gasteiger partial charge >= 0.3 is 12.1 Å². The molecular weight excluding hydrogens is 630 g/mol. The van der Waals surface area contributed by atoms with Crippen LogP contribution < -0.4 is 5.32 Å². The number of H-pyrrole nitrogens is 2. The molecule has 0 saturated heterocycles. The Balaban J connectivity index is 1.61. The van der Waals surface area contributed by atoms with Gasteiger partial charge in [-0.2, -0.15) is 0 Å². The highest BCUT2D eigenvalue weighted by molar-refractivity contribution is 5.92. The molecule has 10 heteroatoms. The van der Waals surface area contributed by atoms with Gasteiger partial charge in [0.05, 0.1) is 18.5 Å². The zero-order chi connectivity index (χ0) is 35.9. The molecule has 0 fully saturated rings. The third kappa shape index (κ3) is 8.12. The van der Waals surface area contributed by atoms with Gasteiger partial charge in [-0.15, -0.1) is 0 Å². The average molecular weight is 684 g/mol. The van der Waals surface area contributed by atoms with Gasteiger partial charge in [0.25, 0.3) is 0 Å². The van der Waals surface area contributed by atoms with Crippen molar-refractivity contribution in [1.29, 1.82) is 0 Å². The van der Waals surface area contributed by atoms with E-state index in [9.17, 15) is 9.59 Å². The summed E-state index contributed by atoms with van der Waals surface area (Å²) in [5.41, 5.74) is 13.8. The van der Waals surface area contributed by atoms with Crippen molar-refractivity contribution in [2.24, 2.45) is 0 Å². The van der Waals surface area contributed by atoms with E-state index < -0.39 is 6.09 Å². The number of allylic oxidation sites excluding steroid dienone is 2. The summed E-state index contributed by atoms with van der Waals surface area (Å²) in [6.45, 7) is 16.8. The number of methoxy groups -OCH3 is 1. The summed E-state index contributed by atoms with van der Waals surface area (Å²) in [4.78, 5) is 42.6. The fourth-order valence-electron chi connectivity index (χ4n) is 6.91. The Bertz CT molecular complexity index is 1920. The second-order valence-corrected chi connectivity index (χ2v) is 13.5. The molecule has 50 heavy (non-hydrogen) atoms. The summed E-state index contributed by atoms with van der Waals surface area (Å²) in [6, 6.07) is 8.47. The van der Waals surface area contributed by atoms with Gasteiger partial charge in [-0.05, 0) is 105 Å². The number of amides is 1. The standard InChI is InChI=1S/C40H53N5O5/c1-9-11-16-49-17-12-15-41-40(47)50-22-30-26(6)33-20-35-25(5)29(13-14-38(46)48-8)39(45-35)27(7)32-18-23(3)31(42-32)19-36-28(10-2)24(4)34(43-36)21-37(30)44-33/h18-21,25,29,42,44H,9-17,22H2,1-8H3,(H,41,47)/t25-,29-/m0/s1. The number of fused-ring (bicyclic) bond motifs is 8. The number of unbranched alkanes of at least 4 members (excludes halogenated alkanes) is 1. The van der Waals surface area contributed by atoms with Crippen molar-refractivity contribution in [2.75, 3.05) is 26.9 Å². The summed E-state index contributed by atoms with van der Waals surface area (Å²) in [5, 5.41) is 2.85. The van der Waals surface area contributed by atoms with E-state index in [1.807, 2.05) is 6.92 Å². The van der Waals surface area contributed by atoms with Gasteiger partial charge in [0.15, 0.2) is 0 Å².